The largest absolute Gasteiger partial charge is 0.419 e. The first kappa shape index (κ1) is 20.2. The van der Waals surface area contributed by atoms with Crippen molar-refractivity contribution in [2.45, 2.75) is 19.3 Å². The maximum atomic E-state index is 13.5. The van der Waals surface area contributed by atoms with Gasteiger partial charge in [-0.3, -0.25) is 9.97 Å². The third-order valence-electron chi connectivity index (χ3n) is 4.03. The molecule has 1 N–H and O–H groups in total. The van der Waals surface area contributed by atoms with Crippen LogP contribution in [0.3, 0.4) is 0 Å². The molecule has 2 heterocycles. The lowest BCUT2D eigenvalue weighted by Gasteiger charge is -2.23. The summed E-state index contributed by atoms with van der Waals surface area (Å²) in [6.45, 7) is 0.367. The van der Waals surface area contributed by atoms with Gasteiger partial charge in [0.1, 0.15) is 5.82 Å². The molecule has 0 atom stereocenters. The number of rotatable bonds is 5. The highest BCUT2D eigenvalue weighted by atomic mass is 19.4. The molecule has 0 aliphatic heterocycles. The minimum absolute atomic E-state index is 0.158. The Balaban J connectivity index is 1.82. The normalized spacial score (nSPS) is 11.2. The number of pyridine rings is 2. The predicted molar refractivity (Wildman–Crippen MR) is 98.1 cm³/mol. The van der Waals surface area contributed by atoms with Crippen molar-refractivity contribution in [2.24, 2.45) is 0 Å². The Kier molecular flexibility index (Phi) is 6.06. The van der Waals surface area contributed by atoms with Gasteiger partial charge in [-0.15, -0.1) is 0 Å². The van der Waals surface area contributed by atoms with Crippen molar-refractivity contribution in [3.63, 3.8) is 0 Å². The summed E-state index contributed by atoms with van der Waals surface area (Å²) in [5, 5.41) is 2.41. The van der Waals surface area contributed by atoms with E-state index in [0.717, 1.165) is 17.2 Å². The number of nitrogens with one attached hydrogen (secondary N) is 1. The summed E-state index contributed by atoms with van der Waals surface area (Å²) < 4.78 is 52.3. The molecule has 0 fully saturated rings. The summed E-state index contributed by atoms with van der Waals surface area (Å²) in [5.74, 6) is -1.40. The molecule has 0 spiro atoms. The highest BCUT2D eigenvalue weighted by Gasteiger charge is 2.34. The maximum absolute atomic E-state index is 13.5. The first-order valence-corrected chi connectivity index (χ1v) is 8.53. The van der Waals surface area contributed by atoms with Gasteiger partial charge in [0.05, 0.1) is 5.56 Å². The molecule has 1 aromatic carbocycles. The first-order chi connectivity index (χ1) is 13.8. The molecule has 0 bridgehead atoms. The molecule has 29 heavy (non-hydrogen) atoms. The third kappa shape index (κ3) is 5.50. The van der Waals surface area contributed by atoms with Crippen LogP contribution in [0.1, 0.15) is 16.7 Å². The number of anilines is 1. The molecule has 0 saturated carbocycles. The smallest absolute Gasteiger partial charge is 0.316 e. The minimum atomic E-state index is -4.86. The van der Waals surface area contributed by atoms with Crippen molar-refractivity contribution in [1.82, 2.24) is 14.9 Å². The van der Waals surface area contributed by atoms with Gasteiger partial charge < -0.3 is 10.2 Å². The Labute approximate surface area is 164 Å². The molecular weight excluding hydrogens is 388 g/mol. The van der Waals surface area contributed by atoms with E-state index in [9.17, 15) is 22.4 Å². The molecule has 0 aliphatic rings. The number of hydrogen-bond donors (Lipinski definition) is 1. The van der Waals surface area contributed by atoms with Crippen LogP contribution >= 0.6 is 0 Å². The van der Waals surface area contributed by atoms with Crippen LogP contribution in [0, 0.1) is 5.82 Å². The molecule has 0 radical (unpaired) electrons. The lowest BCUT2D eigenvalue weighted by molar-refractivity contribution is -0.139. The number of halogens is 4. The van der Waals surface area contributed by atoms with Crippen LogP contribution in [-0.4, -0.2) is 20.9 Å². The fourth-order valence-corrected chi connectivity index (χ4v) is 2.64. The zero-order chi connectivity index (χ0) is 20.9. The molecule has 3 aromatic rings. The van der Waals surface area contributed by atoms with Crippen LogP contribution in [0.4, 0.5) is 28.0 Å². The van der Waals surface area contributed by atoms with Crippen LogP contribution in [0.15, 0.2) is 67.3 Å². The molecule has 0 saturated heterocycles. The standard InChI is InChI=1S/C20H16F4N4O/c21-18-4-3-16(10-17(18)20(22,23)24)27-19(29)28(12-14-5-8-25-9-6-14)13-15-2-1-7-26-11-15/h1-11H,12-13H2,(H,27,29). The second-order valence-corrected chi connectivity index (χ2v) is 6.20. The van der Waals surface area contributed by atoms with Crippen LogP contribution < -0.4 is 5.32 Å². The molecule has 2 aromatic heterocycles. The van der Waals surface area contributed by atoms with E-state index in [1.807, 2.05) is 0 Å². The Morgan fingerprint density at radius 1 is 0.966 bits per heavy atom. The average Bonchev–Trinajstić information content (AvgIpc) is 2.69. The van der Waals surface area contributed by atoms with E-state index in [1.54, 1.807) is 49.1 Å². The van der Waals surface area contributed by atoms with Crippen molar-refractivity contribution < 1.29 is 22.4 Å². The minimum Gasteiger partial charge on any atom is -0.316 e. The van der Waals surface area contributed by atoms with Gasteiger partial charge in [-0.1, -0.05) is 6.07 Å². The van der Waals surface area contributed by atoms with Crippen LogP contribution in [0.2, 0.25) is 0 Å². The van der Waals surface area contributed by atoms with E-state index in [-0.39, 0.29) is 18.8 Å². The molecule has 150 valence electrons. The van der Waals surface area contributed by atoms with Crippen molar-refractivity contribution in [3.8, 4) is 0 Å². The van der Waals surface area contributed by atoms with E-state index in [4.69, 9.17) is 0 Å². The van der Waals surface area contributed by atoms with Crippen molar-refractivity contribution in [3.05, 3.63) is 89.8 Å². The third-order valence-corrected chi connectivity index (χ3v) is 4.03. The Morgan fingerprint density at radius 3 is 2.34 bits per heavy atom. The predicted octanol–water partition coefficient (Wildman–Crippen LogP) is 4.87. The van der Waals surface area contributed by atoms with Gasteiger partial charge in [0, 0.05) is 43.6 Å². The monoisotopic (exact) mass is 404 g/mol. The summed E-state index contributed by atoms with van der Waals surface area (Å²) in [5.41, 5.74) is -0.0706. The van der Waals surface area contributed by atoms with Gasteiger partial charge in [-0.25, -0.2) is 9.18 Å². The highest BCUT2D eigenvalue weighted by Crippen LogP contribution is 2.33. The van der Waals surface area contributed by atoms with Gasteiger partial charge in [0.15, 0.2) is 0 Å². The number of carbonyl (C=O) groups excluding carboxylic acids is 1. The van der Waals surface area contributed by atoms with Gasteiger partial charge >= 0.3 is 12.2 Å². The lowest BCUT2D eigenvalue weighted by Crippen LogP contribution is -2.34. The van der Waals surface area contributed by atoms with Crippen molar-refractivity contribution in [2.75, 3.05) is 5.32 Å². The van der Waals surface area contributed by atoms with Crippen LogP contribution in [0.5, 0.6) is 0 Å². The quantitative estimate of drug-likeness (QED) is 0.618. The zero-order valence-electron chi connectivity index (χ0n) is 15.0. The molecule has 5 nitrogen and oxygen atoms in total. The van der Waals surface area contributed by atoms with E-state index >= 15 is 0 Å². The van der Waals surface area contributed by atoms with E-state index in [0.29, 0.717) is 12.1 Å². The lowest BCUT2D eigenvalue weighted by atomic mass is 10.2. The number of carbonyl (C=O) groups is 1. The second kappa shape index (κ2) is 8.68. The molecule has 3 rings (SSSR count). The zero-order valence-corrected chi connectivity index (χ0v) is 15.0. The number of nitrogens with zero attached hydrogens (tertiary/aromatic N) is 3. The van der Waals surface area contributed by atoms with Gasteiger partial charge in [-0.2, -0.15) is 13.2 Å². The fraction of sp³-hybridized carbons (Fsp3) is 0.150. The van der Waals surface area contributed by atoms with Crippen LogP contribution in [0.25, 0.3) is 0 Å². The Morgan fingerprint density at radius 2 is 1.69 bits per heavy atom. The Hall–Kier alpha value is -3.49. The summed E-state index contributed by atoms with van der Waals surface area (Å²) >= 11 is 0. The number of hydrogen-bond acceptors (Lipinski definition) is 3. The summed E-state index contributed by atoms with van der Waals surface area (Å²) in [6, 6.07) is 8.64. The van der Waals surface area contributed by atoms with E-state index < -0.39 is 23.6 Å². The van der Waals surface area contributed by atoms with Gasteiger partial charge in [-0.05, 0) is 47.5 Å². The summed E-state index contributed by atoms with van der Waals surface area (Å²) in [7, 11) is 0. The second-order valence-electron chi connectivity index (χ2n) is 6.20. The van der Waals surface area contributed by atoms with Crippen molar-refractivity contribution >= 4 is 11.7 Å². The van der Waals surface area contributed by atoms with E-state index in [1.165, 1.54) is 4.90 Å². The van der Waals surface area contributed by atoms with Crippen molar-refractivity contribution in [1.29, 1.82) is 0 Å². The van der Waals surface area contributed by atoms with E-state index in [2.05, 4.69) is 15.3 Å². The first-order valence-electron chi connectivity index (χ1n) is 8.53. The van der Waals surface area contributed by atoms with Gasteiger partial charge in [0.2, 0.25) is 0 Å². The maximum Gasteiger partial charge on any atom is 0.419 e. The topological polar surface area (TPSA) is 58.1 Å². The molecule has 9 heteroatoms. The number of aromatic nitrogens is 2. The van der Waals surface area contributed by atoms with Gasteiger partial charge in [0.25, 0.3) is 0 Å². The SMILES string of the molecule is O=C(Nc1ccc(F)c(C(F)(F)F)c1)N(Cc1ccncc1)Cc1cccnc1. The number of alkyl halides is 3. The van der Waals surface area contributed by atoms with Crippen LogP contribution in [-0.2, 0) is 19.3 Å². The molecular formula is C20H16F4N4O. The molecule has 2 amide bonds. The number of amides is 2. The highest BCUT2D eigenvalue weighted by molar-refractivity contribution is 5.89. The summed E-state index contributed by atoms with van der Waals surface area (Å²) in [6.07, 6.45) is 1.47. The average molecular weight is 404 g/mol. The fourth-order valence-electron chi connectivity index (χ4n) is 2.64. The molecule has 0 unspecified atom stereocenters. The Bertz CT molecular complexity index is 924. The number of urea groups is 1. The number of benzene rings is 1. The molecule has 0 aliphatic carbocycles. The summed E-state index contributed by atoms with van der Waals surface area (Å²) in [4.78, 5) is 22.1.